The van der Waals surface area contributed by atoms with Gasteiger partial charge in [-0.25, -0.2) is 4.98 Å². The summed E-state index contributed by atoms with van der Waals surface area (Å²) in [5.74, 6) is 0.112. The fourth-order valence-electron chi connectivity index (χ4n) is 6.16. The molecule has 2 heterocycles. The molecule has 2 aromatic rings. The van der Waals surface area contributed by atoms with Crippen LogP contribution in [0.2, 0.25) is 0 Å². The van der Waals surface area contributed by atoms with Gasteiger partial charge in [0.2, 0.25) is 17.7 Å². The summed E-state index contributed by atoms with van der Waals surface area (Å²) >= 11 is 1.58. The first kappa shape index (κ1) is 31.4. The van der Waals surface area contributed by atoms with Gasteiger partial charge in [-0.2, -0.15) is 0 Å². The number of nitrogens with zero attached hydrogens (tertiary/aromatic N) is 2. The van der Waals surface area contributed by atoms with Crippen LogP contribution in [-0.4, -0.2) is 65.9 Å². The van der Waals surface area contributed by atoms with Crippen LogP contribution in [0.25, 0.3) is 10.2 Å². The van der Waals surface area contributed by atoms with Crippen molar-refractivity contribution in [1.82, 2.24) is 25.8 Å². The van der Waals surface area contributed by atoms with Crippen LogP contribution >= 0.6 is 11.3 Å². The van der Waals surface area contributed by atoms with Crippen LogP contribution in [0.3, 0.4) is 0 Å². The van der Waals surface area contributed by atoms with Crippen LogP contribution in [0.5, 0.6) is 0 Å². The van der Waals surface area contributed by atoms with Gasteiger partial charge in [0.25, 0.3) is 0 Å². The summed E-state index contributed by atoms with van der Waals surface area (Å²) in [6.45, 7) is 9.22. The summed E-state index contributed by atoms with van der Waals surface area (Å²) in [6.07, 6.45) is 10.9. The summed E-state index contributed by atoms with van der Waals surface area (Å²) in [5.41, 5.74) is 2.17. The van der Waals surface area contributed by atoms with E-state index in [-0.39, 0.29) is 29.7 Å². The van der Waals surface area contributed by atoms with E-state index in [2.05, 4.69) is 39.9 Å². The van der Waals surface area contributed by atoms with E-state index in [1.807, 2.05) is 13.0 Å². The quantitative estimate of drug-likeness (QED) is 0.302. The van der Waals surface area contributed by atoms with E-state index in [0.717, 1.165) is 60.5 Å². The van der Waals surface area contributed by atoms with E-state index in [0.29, 0.717) is 25.3 Å². The highest BCUT2D eigenvalue weighted by atomic mass is 32.1. The van der Waals surface area contributed by atoms with Crippen molar-refractivity contribution in [2.24, 2.45) is 11.8 Å². The number of carbonyl (C=O) groups is 3. The zero-order valence-corrected chi connectivity index (χ0v) is 26.0. The third-order valence-electron chi connectivity index (χ3n) is 8.65. The molecule has 3 atom stereocenters. The number of hydrogen-bond acceptors (Lipinski definition) is 6. The second kappa shape index (κ2) is 15.6. The van der Waals surface area contributed by atoms with Crippen molar-refractivity contribution in [3.05, 3.63) is 28.8 Å². The minimum Gasteiger partial charge on any atom is -0.354 e. The van der Waals surface area contributed by atoms with Gasteiger partial charge in [0.15, 0.2) is 0 Å². The Labute approximate surface area is 249 Å². The van der Waals surface area contributed by atoms with Crippen LogP contribution < -0.4 is 16.0 Å². The Kier molecular flexibility index (Phi) is 12.0. The monoisotopic (exact) mass is 583 g/mol. The van der Waals surface area contributed by atoms with E-state index in [1.165, 1.54) is 37.7 Å². The molecule has 3 amide bonds. The highest BCUT2D eigenvalue weighted by Crippen LogP contribution is 2.28. The van der Waals surface area contributed by atoms with Crippen molar-refractivity contribution in [2.75, 3.05) is 26.2 Å². The number of amides is 3. The van der Waals surface area contributed by atoms with Gasteiger partial charge < -0.3 is 20.9 Å². The number of fused-ring (bicyclic) bond motifs is 1. The van der Waals surface area contributed by atoms with Crippen LogP contribution in [-0.2, 0) is 27.2 Å². The zero-order chi connectivity index (χ0) is 29.2. The van der Waals surface area contributed by atoms with Crippen molar-refractivity contribution in [1.29, 1.82) is 0 Å². The molecule has 1 aromatic heterocycles. The predicted molar refractivity (Wildman–Crippen MR) is 166 cm³/mol. The van der Waals surface area contributed by atoms with Crippen LogP contribution in [0.15, 0.2) is 18.2 Å². The second-order valence-electron chi connectivity index (χ2n) is 12.0. The highest BCUT2D eigenvalue weighted by Gasteiger charge is 2.28. The number of aromatic nitrogens is 1. The Bertz CT molecular complexity index is 1160. The number of thiazole rings is 1. The summed E-state index contributed by atoms with van der Waals surface area (Å²) in [6, 6.07) is 5.38. The summed E-state index contributed by atoms with van der Waals surface area (Å²) in [7, 11) is 0. The molecule has 8 nitrogen and oxygen atoms in total. The molecular formula is C32H49N5O3S. The van der Waals surface area contributed by atoms with E-state index in [1.54, 1.807) is 18.3 Å². The molecule has 1 aromatic carbocycles. The molecule has 1 saturated heterocycles. The molecule has 1 aliphatic carbocycles. The van der Waals surface area contributed by atoms with E-state index in [4.69, 9.17) is 4.98 Å². The minimum absolute atomic E-state index is 0.0385. The van der Waals surface area contributed by atoms with Crippen molar-refractivity contribution >= 4 is 39.3 Å². The molecule has 3 N–H and O–H groups in total. The fraction of sp³-hybridized carbons (Fsp3) is 0.688. The maximum Gasteiger partial charge on any atom is 0.243 e. The number of aryl methyl sites for hydroxylation is 1. The average Bonchev–Trinajstić information content (AvgIpc) is 3.64. The number of likely N-dealkylation sites (tertiary alicyclic amines) is 1. The largest absolute Gasteiger partial charge is 0.354 e. The topological polar surface area (TPSA) is 103 Å². The molecule has 41 heavy (non-hydrogen) atoms. The molecule has 0 spiro atoms. The highest BCUT2D eigenvalue weighted by molar-refractivity contribution is 7.18. The Hall–Kier alpha value is -2.52. The normalized spacial score (nSPS) is 18.6. The lowest BCUT2D eigenvalue weighted by Gasteiger charge is -2.29. The maximum absolute atomic E-state index is 13.7. The first-order valence-corrected chi connectivity index (χ1v) is 16.6. The molecule has 226 valence electrons. The van der Waals surface area contributed by atoms with Gasteiger partial charge in [-0.1, -0.05) is 58.9 Å². The van der Waals surface area contributed by atoms with Gasteiger partial charge in [0, 0.05) is 37.9 Å². The zero-order valence-electron chi connectivity index (χ0n) is 25.2. The SMILES string of the molecule is CCC(=O)N[C@@H](Cc1nc2ccc(CC)cc2s1)C(=O)NC(CNC(=O)C(C)CN1CCCC1)CC1CCCCC1. The van der Waals surface area contributed by atoms with Crippen LogP contribution in [0, 0.1) is 11.8 Å². The average molecular weight is 584 g/mol. The fourth-order valence-corrected chi connectivity index (χ4v) is 7.23. The van der Waals surface area contributed by atoms with Gasteiger partial charge in [0.1, 0.15) is 6.04 Å². The number of benzene rings is 1. The number of hydrogen-bond donors (Lipinski definition) is 3. The van der Waals surface area contributed by atoms with E-state index in [9.17, 15) is 14.4 Å². The molecule has 1 saturated carbocycles. The Morgan fingerprint density at radius 1 is 1.02 bits per heavy atom. The standard InChI is InChI=1S/C32H49N5O3S/c1-4-23-13-14-26-28(18-23)41-30(36-26)19-27(35-29(38)5-2)32(40)34-25(17-24-11-7-6-8-12-24)20-33-31(39)22(3)21-37-15-9-10-16-37/h13-14,18,22,24-25,27H,4-12,15-17,19-21H2,1-3H3,(H,33,39)(H,34,40)(H,35,38)/t22?,25?,27-/m0/s1. The van der Waals surface area contributed by atoms with Crippen molar-refractivity contribution in [3.63, 3.8) is 0 Å². The number of rotatable bonds is 14. The predicted octanol–water partition coefficient (Wildman–Crippen LogP) is 4.60. The summed E-state index contributed by atoms with van der Waals surface area (Å²) in [5, 5.41) is 10.1. The molecule has 2 aliphatic rings. The van der Waals surface area contributed by atoms with Crippen LogP contribution in [0.4, 0.5) is 0 Å². The molecule has 4 rings (SSSR count). The number of nitrogens with one attached hydrogen (secondary N) is 3. The smallest absolute Gasteiger partial charge is 0.243 e. The van der Waals surface area contributed by atoms with Gasteiger partial charge in [-0.05, 0) is 62.4 Å². The van der Waals surface area contributed by atoms with Crippen molar-refractivity contribution in [2.45, 2.75) is 103 Å². The third kappa shape index (κ3) is 9.50. The number of carbonyl (C=O) groups excluding carboxylic acids is 3. The summed E-state index contributed by atoms with van der Waals surface area (Å²) < 4.78 is 1.10. The lowest BCUT2D eigenvalue weighted by Crippen LogP contribution is -2.53. The Morgan fingerprint density at radius 3 is 2.49 bits per heavy atom. The van der Waals surface area contributed by atoms with Gasteiger partial charge in [0.05, 0.1) is 15.2 Å². The second-order valence-corrected chi connectivity index (χ2v) is 13.2. The minimum atomic E-state index is -0.715. The third-order valence-corrected chi connectivity index (χ3v) is 9.69. The van der Waals surface area contributed by atoms with Gasteiger partial charge in [-0.3, -0.25) is 14.4 Å². The van der Waals surface area contributed by atoms with Gasteiger partial charge >= 0.3 is 0 Å². The lowest BCUT2D eigenvalue weighted by atomic mass is 9.84. The lowest BCUT2D eigenvalue weighted by molar-refractivity contribution is -0.129. The molecule has 0 bridgehead atoms. The van der Waals surface area contributed by atoms with Crippen molar-refractivity contribution in [3.8, 4) is 0 Å². The maximum atomic E-state index is 13.7. The first-order chi connectivity index (χ1) is 19.8. The summed E-state index contributed by atoms with van der Waals surface area (Å²) in [4.78, 5) is 46.3. The molecule has 9 heteroatoms. The first-order valence-electron chi connectivity index (χ1n) is 15.8. The molecule has 1 aliphatic heterocycles. The van der Waals surface area contributed by atoms with Gasteiger partial charge in [-0.15, -0.1) is 11.3 Å². The van der Waals surface area contributed by atoms with E-state index >= 15 is 0 Å². The van der Waals surface area contributed by atoms with Crippen molar-refractivity contribution < 1.29 is 14.4 Å². The van der Waals surface area contributed by atoms with Crippen LogP contribution in [0.1, 0.15) is 89.1 Å². The molecule has 0 radical (unpaired) electrons. The Balaban J connectivity index is 1.43. The van der Waals surface area contributed by atoms with E-state index < -0.39 is 6.04 Å². The molecular weight excluding hydrogens is 534 g/mol. The Morgan fingerprint density at radius 2 is 1.78 bits per heavy atom. The molecule has 2 unspecified atom stereocenters. The molecule has 2 fully saturated rings.